The number of amides is 2. The molecule has 0 bridgehead atoms. The molecule has 7 heteroatoms. The molecule has 4 nitrogen and oxygen atoms in total. The van der Waals surface area contributed by atoms with Gasteiger partial charge in [-0.05, 0) is 36.6 Å². The van der Waals surface area contributed by atoms with Crippen molar-refractivity contribution in [3.63, 3.8) is 0 Å². The summed E-state index contributed by atoms with van der Waals surface area (Å²) < 4.78 is 1.47. The molecule has 2 fully saturated rings. The molecule has 1 aromatic rings. The fraction of sp³-hybridized carbons (Fsp3) is 0.389. The Bertz CT molecular complexity index is 730. The number of benzene rings is 1. The minimum atomic E-state index is -0.122. The van der Waals surface area contributed by atoms with Crippen LogP contribution in [0.15, 0.2) is 33.6 Å². The summed E-state index contributed by atoms with van der Waals surface area (Å²) in [6.07, 6.45) is 6.60. The number of halogens is 1. The van der Waals surface area contributed by atoms with Gasteiger partial charge in [-0.25, -0.2) is 0 Å². The summed E-state index contributed by atoms with van der Waals surface area (Å²) >= 11 is 10.0. The van der Waals surface area contributed by atoms with Crippen LogP contribution in [0.4, 0.5) is 0 Å². The molecular weight excluding hydrogens is 420 g/mol. The van der Waals surface area contributed by atoms with Gasteiger partial charge in [-0.2, -0.15) is 0 Å². The van der Waals surface area contributed by atoms with Gasteiger partial charge in [0.1, 0.15) is 4.32 Å². The van der Waals surface area contributed by atoms with E-state index in [0.717, 1.165) is 22.9 Å². The summed E-state index contributed by atoms with van der Waals surface area (Å²) in [5.41, 5.74) is 0.939. The number of rotatable bonds is 5. The second kappa shape index (κ2) is 8.47. The van der Waals surface area contributed by atoms with Gasteiger partial charge in [0.05, 0.1) is 4.91 Å². The number of thioether (sulfide) groups is 1. The van der Waals surface area contributed by atoms with Crippen molar-refractivity contribution >= 4 is 62.1 Å². The van der Waals surface area contributed by atoms with Crippen LogP contribution in [0.3, 0.4) is 0 Å². The average molecular weight is 439 g/mol. The molecule has 132 valence electrons. The summed E-state index contributed by atoms with van der Waals surface area (Å²) in [6.45, 7) is 0.332. The molecule has 1 saturated carbocycles. The summed E-state index contributed by atoms with van der Waals surface area (Å²) in [4.78, 5) is 26.8. The maximum atomic E-state index is 12.6. The van der Waals surface area contributed by atoms with Crippen molar-refractivity contribution in [1.29, 1.82) is 0 Å². The quantitative estimate of drug-likeness (QED) is 0.555. The lowest BCUT2D eigenvalue weighted by Gasteiger charge is -2.16. The van der Waals surface area contributed by atoms with Crippen LogP contribution >= 0.6 is 39.9 Å². The molecule has 0 unspecified atom stereocenters. The zero-order valence-corrected chi connectivity index (χ0v) is 16.9. The maximum Gasteiger partial charge on any atom is 0.266 e. The molecular formula is C18H19BrN2O2S2. The minimum absolute atomic E-state index is 0.00285. The Morgan fingerprint density at radius 1 is 1.40 bits per heavy atom. The van der Waals surface area contributed by atoms with Gasteiger partial charge in [-0.15, -0.1) is 0 Å². The molecule has 1 heterocycles. The highest BCUT2D eigenvalue weighted by atomic mass is 79.9. The minimum Gasteiger partial charge on any atom is -0.353 e. The summed E-state index contributed by atoms with van der Waals surface area (Å²) in [6, 6.07) is 8.04. The fourth-order valence-corrected chi connectivity index (χ4v) is 4.75. The van der Waals surface area contributed by atoms with Gasteiger partial charge < -0.3 is 5.32 Å². The first-order valence-electron chi connectivity index (χ1n) is 8.33. The van der Waals surface area contributed by atoms with Crippen LogP contribution in [0, 0.1) is 0 Å². The molecule has 0 spiro atoms. The highest BCUT2D eigenvalue weighted by Crippen LogP contribution is 2.33. The molecule has 1 aliphatic carbocycles. The van der Waals surface area contributed by atoms with E-state index in [0.29, 0.717) is 21.8 Å². The molecule has 3 rings (SSSR count). The molecule has 1 aromatic carbocycles. The van der Waals surface area contributed by atoms with Gasteiger partial charge in [0.25, 0.3) is 5.91 Å². The first-order valence-corrected chi connectivity index (χ1v) is 10.3. The smallest absolute Gasteiger partial charge is 0.266 e. The van der Waals surface area contributed by atoms with Gasteiger partial charge in [0, 0.05) is 23.5 Å². The van der Waals surface area contributed by atoms with Gasteiger partial charge in [0.15, 0.2) is 0 Å². The third-order valence-corrected chi connectivity index (χ3v) is 6.17. The number of carbonyl (C=O) groups excluding carboxylic acids is 2. The van der Waals surface area contributed by atoms with Crippen LogP contribution in [-0.4, -0.2) is 33.6 Å². The Balaban J connectivity index is 1.58. The molecule has 1 aliphatic heterocycles. The standard InChI is InChI=1S/C18H19BrN2O2S2/c19-13-5-3-4-12(10-13)11-15-17(23)21(18(24)25-15)9-8-16(22)20-14-6-1-2-7-14/h3-5,10-11,14H,1-2,6-9H2,(H,20,22). The highest BCUT2D eigenvalue weighted by Gasteiger charge is 2.32. The molecule has 25 heavy (non-hydrogen) atoms. The third kappa shape index (κ3) is 4.92. The SMILES string of the molecule is O=C(CCN1C(=O)C(=Cc2cccc(Br)c2)SC1=S)NC1CCCC1. The van der Waals surface area contributed by atoms with E-state index < -0.39 is 0 Å². The zero-order chi connectivity index (χ0) is 17.8. The maximum absolute atomic E-state index is 12.6. The number of hydrogen-bond donors (Lipinski definition) is 1. The lowest BCUT2D eigenvalue weighted by molar-refractivity contribution is -0.124. The largest absolute Gasteiger partial charge is 0.353 e. The van der Waals surface area contributed by atoms with Crippen molar-refractivity contribution in [2.24, 2.45) is 0 Å². The molecule has 0 aromatic heterocycles. The summed E-state index contributed by atoms with van der Waals surface area (Å²) in [5.74, 6) is -0.124. The molecule has 2 amide bonds. The molecule has 0 radical (unpaired) electrons. The Hall–Kier alpha value is -1.18. The highest BCUT2D eigenvalue weighted by molar-refractivity contribution is 9.10. The van der Waals surface area contributed by atoms with E-state index in [-0.39, 0.29) is 18.2 Å². The van der Waals surface area contributed by atoms with Crippen LogP contribution in [0.1, 0.15) is 37.7 Å². The monoisotopic (exact) mass is 438 g/mol. The summed E-state index contributed by atoms with van der Waals surface area (Å²) in [7, 11) is 0. The number of thiocarbonyl (C=S) groups is 1. The molecule has 1 saturated heterocycles. The Morgan fingerprint density at radius 3 is 2.88 bits per heavy atom. The first kappa shape index (κ1) is 18.6. The second-order valence-electron chi connectivity index (χ2n) is 6.19. The van der Waals surface area contributed by atoms with E-state index in [9.17, 15) is 9.59 Å². The topological polar surface area (TPSA) is 49.4 Å². The third-order valence-electron chi connectivity index (χ3n) is 4.30. The van der Waals surface area contributed by atoms with Gasteiger partial charge >= 0.3 is 0 Å². The van der Waals surface area contributed by atoms with Crippen LogP contribution in [0.5, 0.6) is 0 Å². The van der Waals surface area contributed by atoms with Crippen LogP contribution < -0.4 is 5.32 Å². The van der Waals surface area contributed by atoms with Crippen LogP contribution in [0.25, 0.3) is 6.08 Å². The van der Waals surface area contributed by atoms with Crippen molar-refractivity contribution in [3.8, 4) is 0 Å². The number of nitrogens with one attached hydrogen (secondary N) is 1. The van der Waals surface area contributed by atoms with Crippen molar-refractivity contribution < 1.29 is 9.59 Å². The number of hydrogen-bond acceptors (Lipinski definition) is 4. The van der Waals surface area contributed by atoms with E-state index >= 15 is 0 Å². The Kier molecular flexibility index (Phi) is 6.30. The lowest BCUT2D eigenvalue weighted by atomic mass is 10.2. The predicted octanol–water partition coefficient (Wildman–Crippen LogP) is 4.10. The lowest BCUT2D eigenvalue weighted by Crippen LogP contribution is -2.37. The van der Waals surface area contributed by atoms with E-state index in [2.05, 4.69) is 21.2 Å². The van der Waals surface area contributed by atoms with Gasteiger partial charge in [-0.3, -0.25) is 14.5 Å². The van der Waals surface area contributed by atoms with Crippen LogP contribution in [-0.2, 0) is 9.59 Å². The first-order chi connectivity index (χ1) is 12.0. The Labute approximate surface area is 165 Å². The van der Waals surface area contributed by atoms with Crippen molar-refractivity contribution in [3.05, 3.63) is 39.2 Å². The van der Waals surface area contributed by atoms with Gasteiger partial charge in [-0.1, -0.05) is 64.9 Å². The average Bonchev–Trinajstić information content (AvgIpc) is 3.15. The Morgan fingerprint density at radius 2 is 2.16 bits per heavy atom. The molecule has 0 atom stereocenters. The predicted molar refractivity (Wildman–Crippen MR) is 109 cm³/mol. The van der Waals surface area contributed by atoms with Crippen molar-refractivity contribution in [2.45, 2.75) is 38.1 Å². The molecule has 1 N–H and O–H groups in total. The normalized spacial score (nSPS) is 19.9. The van der Waals surface area contributed by atoms with Crippen LogP contribution in [0.2, 0.25) is 0 Å². The van der Waals surface area contributed by atoms with E-state index in [1.165, 1.54) is 29.5 Å². The second-order valence-corrected chi connectivity index (χ2v) is 8.78. The summed E-state index contributed by atoms with van der Waals surface area (Å²) in [5, 5.41) is 3.04. The van der Waals surface area contributed by atoms with Gasteiger partial charge in [0.2, 0.25) is 5.91 Å². The molecule has 2 aliphatic rings. The van der Waals surface area contributed by atoms with E-state index in [1.54, 1.807) is 0 Å². The number of nitrogens with zero attached hydrogens (tertiary/aromatic N) is 1. The van der Waals surface area contributed by atoms with Crippen molar-refractivity contribution in [1.82, 2.24) is 10.2 Å². The zero-order valence-electron chi connectivity index (χ0n) is 13.7. The van der Waals surface area contributed by atoms with E-state index in [4.69, 9.17) is 12.2 Å². The number of carbonyl (C=O) groups is 2. The fourth-order valence-electron chi connectivity index (χ4n) is 3.02. The van der Waals surface area contributed by atoms with Crippen molar-refractivity contribution in [2.75, 3.05) is 6.54 Å². The van der Waals surface area contributed by atoms with E-state index in [1.807, 2.05) is 30.3 Å².